The zero-order chi connectivity index (χ0) is 12.5. The molecule has 1 amide bonds. The van der Waals surface area contributed by atoms with E-state index in [-0.39, 0.29) is 5.91 Å². The number of nitriles is 1. The number of unbranched alkanes of at least 4 members (excludes halogenated alkanes) is 2. The Kier molecular flexibility index (Phi) is 5.81. The molecule has 0 atom stereocenters. The van der Waals surface area contributed by atoms with Crippen LogP contribution in [-0.4, -0.2) is 12.5 Å². The monoisotopic (exact) mass is 230 g/mol. The number of hydrogen-bond donors (Lipinski definition) is 1. The minimum absolute atomic E-state index is 0.0470. The third kappa shape index (κ3) is 5.17. The van der Waals surface area contributed by atoms with E-state index in [0.29, 0.717) is 12.0 Å². The van der Waals surface area contributed by atoms with E-state index in [0.717, 1.165) is 31.4 Å². The van der Waals surface area contributed by atoms with Crippen molar-refractivity contribution in [2.75, 3.05) is 6.54 Å². The summed E-state index contributed by atoms with van der Waals surface area (Å²) in [6.07, 6.45) is 3.73. The third-order valence-electron chi connectivity index (χ3n) is 2.55. The lowest BCUT2D eigenvalue weighted by molar-refractivity contribution is -0.120. The summed E-state index contributed by atoms with van der Waals surface area (Å²) in [7, 11) is 0. The zero-order valence-corrected chi connectivity index (χ0v) is 10.2. The lowest BCUT2D eigenvalue weighted by Crippen LogP contribution is -2.26. The first kappa shape index (κ1) is 13.2. The highest BCUT2D eigenvalue weighted by atomic mass is 16.1. The fourth-order valence-electron chi connectivity index (χ4n) is 1.55. The summed E-state index contributed by atoms with van der Waals surface area (Å²) >= 11 is 0. The molecule has 0 saturated carbocycles. The summed E-state index contributed by atoms with van der Waals surface area (Å²) in [6, 6.07) is 9.17. The van der Waals surface area contributed by atoms with Gasteiger partial charge in [-0.05, 0) is 24.1 Å². The second-order valence-electron chi connectivity index (χ2n) is 4.04. The van der Waals surface area contributed by atoms with Gasteiger partial charge in [-0.1, -0.05) is 31.9 Å². The van der Waals surface area contributed by atoms with Crippen LogP contribution in [0.4, 0.5) is 0 Å². The van der Waals surface area contributed by atoms with Crippen LogP contribution in [0.15, 0.2) is 24.3 Å². The van der Waals surface area contributed by atoms with Gasteiger partial charge in [0.05, 0.1) is 18.1 Å². The van der Waals surface area contributed by atoms with Gasteiger partial charge >= 0.3 is 0 Å². The molecule has 0 saturated heterocycles. The SMILES string of the molecule is CCCCCNC(=O)Cc1ccc(C#N)cc1. The third-order valence-corrected chi connectivity index (χ3v) is 2.55. The van der Waals surface area contributed by atoms with Gasteiger partial charge in [0.2, 0.25) is 5.91 Å². The number of nitrogens with zero attached hydrogens (tertiary/aromatic N) is 1. The molecule has 0 aromatic heterocycles. The van der Waals surface area contributed by atoms with Crippen LogP contribution in [0.1, 0.15) is 37.3 Å². The molecule has 1 rings (SSSR count). The maximum absolute atomic E-state index is 11.6. The first-order chi connectivity index (χ1) is 8.26. The number of rotatable bonds is 6. The van der Waals surface area contributed by atoms with E-state index in [1.54, 1.807) is 12.1 Å². The summed E-state index contributed by atoms with van der Waals surface area (Å²) in [5.74, 6) is 0.0470. The average molecular weight is 230 g/mol. The largest absolute Gasteiger partial charge is 0.356 e. The van der Waals surface area contributed by atoms with Gasteiger partial charge in [-0.3, -0.25) is 4.79 Å². The Morgan fingerprint density at radius 1 is 1.29 bits per heavy atom. The van der Waals surface area contributed by atoms with E-state index in [9.17, 15) is 4.79 Å². The second-order valence-corrected chi connectivity index (χ2v) is 4.04. The molecule has 90 valence electrons. The van der Waals surface area contributed by atoms with Crippen LogP contribution in [0.25, 0.3) is 0 Å². The smallest absolute Gasteiger partial charge is 0.224 e. The number of hydrogen-bond acceptors (Lipinski definition) is 2. The molecule has 1 aromatic rings. The van der Waals surface area contributed by atoms with Crippen molar-refractivity contribution in [2.24, 2.45) is 0 Å². The summed E-state index contributed by atoms with van der Waals surface area (Å²) < 4.78 is 0. The second kappa shape index (κ2) is 7.45. The van der Waals surface area contributed by atoms with Crippen molar-refractivity contribution in [1.29, 1.82) is 5.26 Å². The van der Waals surface area contributed by atoms with Crippen LogP contribution < -0.4 is 5.32 Å². The van der Waals surface area contributed by atoms with E-state index in [1.807, 2.05) is 12.1 Å². The predicted octanol–water partition coefficient (Wildman–Crippen LogP) is 2.41. The Morgan fingerprint density at radius 3 is 2.59 bits per heavy atom. The minimum atomic E-state index is 0.0470. The van der Waals surface area contributed by atoms with Crippen molar-refractivity contribution in [3.8, 4) is 6.07 Å². The predicted molar refractivity (Wildman–Crippen MR) is 67.4 cm³/mol. The molecule has 0 fully saturated rings. The van der Waals surface area contributed by atoms with Gasteiger partial charge in [0.25, 0.3) is 0 Å². The van der Waals surface area contributed by atoms with Gasteiger partial charge in [-0.25, -0.2) is 0 Å². The number of carbonyl (C=O) groups is 1. The van der Waals surface area contributed by atoms with E-state index in [2.05, 4.69) is 18.3 Å². The summed E-state index contributed by atoms with van der Waals surface area (Å²) in [4.78, 5) is 11.6. The fraction of sp³-hybridized carbons (Fsp3) is 0.429. The summed E-state index contributed by atoms with van der Waals surface area (Å²) in [5.41, 5.74) is 1.56. The van der Waals surface area contributed by atoms with E-state index in [4.69, 9.17) is 5.26 Å². The topological polar surface area (TPSA) is 52.9 Å². The maximum atomic E-state index is 11.6. The lowest BCUT2D eigenvalue weighted by atomic mass is 10.1. The van der Waals surface area contributed by atoms with Gasteiger partial charge < -0.3 is 5.32 Å². The highest BCUT2D eigenvalue weighted by molar-refractivity contribution is 5.78. The highest BCUT2D eigenvalue weighted by Crippen LogP contribution is 2.04. The fourth-order valence-corrected chi connectivity index (χ4v) is 1.55. The molecule has 0 aliphatic carbocycles. The molecule has 1 N–H and O–H groups in total. The number of benzene rings is 1. The first-order valence-electron chi connectivity index (χ1n) is 6.02. The molecular formula is C14H18N2O. The molecule has 0 heterocycles. The number of carbonyl (C=O) groups excluding carboxylic acids is 1. The zero-order valence-electron chi connectivity index (χ0n) is 10.2. The van der Waals surface area contributed by atoms with E-state index < -0.39 is 0 Å². The van der Waals surface area contributed by atoms with Crippen molar-refractivity contribution >= 4 is 5.91 Å². The molecule has 0 aliphatic heterocycles. The first-order valence-corrected chi connectivity index (χ1v) is 6.02. The van der Waals surface area contributed by atoms with Gasteiger partial charge in [-0.15, -0.1) is 0 Å². The molecule has 0 radical (unpaired) electrons. The van der Waals surface area contributed by atoms with Crippen LogP contribution in [0, 0.1) is 11.3 Å². The van der Waals surface area contributed by atoms with Gasteiger partial charge in [0.15, 0.2) is 0 Å². The summed E-state index contributed by atoms with van der Waals surface area (Å²) in [5, 5.41) is 11.5. The van der Waals surface area contributed by atoms with Crippen LogP contribution in [0.3, 0.4) is 0 Å². The lowest BCUT2D eigenvalue weighted by Gasteiger charge is -2.04. The molecule has 1 aromatic carbocycles. The van der Waals surface area contributed by atoms with Crippen molar-refractivity contribution in [1.82, 2.24) is 5.32 Å². The maximum Gasteiger partial charge on any atom is 0.224 e. The van der Waals surface area contributed by atoms with Gasteiger partial charge in [-0.2, -0.15) is 5.26 Å². The average Bonchev–Trinajstić information content (AvgIpc) is 2.36. The Balaban J connectivity index is 2.32. The van der Waals surface area contributed by atoms with Crippen LogP contribution >= 0.6 is 0 Å². The molecule has 0 spiro atoms. The van der Waals surface area contributed by atoms with Crippen molar-refractivity contribution < 1.29 is 4.79 Å². The number of amides is 1. The van der Waals surface area contributed by atoms with Gasteiger partial charge in [0.1, 0.15) is 0 Å². The van der Waals surface area contributed by atoms with E-state index in [1.165, 1.54) is 0 Å². The summed E-state index contributed by atoms with van der Waals surface area (Å²) in [6.45, 7) is 2.89. The molecule has 0 aliphatic rings. The number of nitrogens with one attached hydrogen (secondary N) is 1. The molecule has 3 heteroatoms. The van der Waals surface area contributed by atoms with Crippen molar-refractivity contribution in [3.05, 3.63) is 35.4 Å². The quantitative estimate of drug-likeness (QED) is 0.763. The Bertz CT molecular complexity index is 390. The Labute approximate surface area is 102 Å². The van der Waals surface area contributed by atoms with Crippen molar-refractivity contribution in [3.63, 3.8) is 0 Å². The molecule has 17 heavy (non-hydrogen) atoms. The molecular weight excluding hydrogens is 212 g/mol. The standard InChI is InChI=1S/C14H18N2O/c1-2-3-4-9-16-14(17)10-12-5-7-13(11-15)8-6-12/h5-8H,2-4,9-10H2,1H3,(H,16,17). The normalized spacial score (nSPS) is 9.65. The van der Waals surface area contributed by atoms with Crippen LogP contribution in [-0.2, 0) is 11.2 Å². The molecule has 0 unspecified atom stereocenters. The van der Waals surface area contributed by atoms with Crippen LogP contribution in [0.5, 0.6) is 0 Å². The van der Waals surface area contributed by atoms with Crippen molar-refractivity contribution in [2.45, 2.75) is 32.6 Å². The Morgan fingerprint density at radius 2 is 2.00 bits per heavy atom. The molecule has 0 bridgehead atoms. The Hall–Kier alpha value is -1.82. The van der Waals surface area contributed by atoms with Gasteiger partial charge in [0, 0.05) is 6.54 Å². The molecule has 3 nitrogen and oxygen atoms in total. The minimum Gasteiger partial charge on any atom is -0.356 e. The van der Waals surface area contributed by atoms with Crippen LogP contribution in [0.2, 0.25) is 0 Å². The van der Waals surface area contributed by atoms with E-state index >= 15 is 0 Å². The highest BCUT2D eigenvalue weighted by Gasteiger charge is 2.02.